The van der Waals surface area contributed by atoms with E-state index in [0.29, 0.717) is 6.61 Å². The van der Waals surface area contributed by atoms with Crippen molar-refractivity contribution in [3.63, 3.8) is 0 Å². The van der Waals surface area contributed by atoms with E-state index in [9.17, 15) is 0 Å². The average Bonchev–Trinajstić information content (AvgIpc) is 2.75. The van der Waals surface area contributed by atoms with Crippen molar-refractivity contribution in [2.24, 2.45) is 0 Å². The third-order valence-electron chi connectivity index (χ3n) is 3.46. The predicted octanol–water partition coefficient (Wildman–Crippen LogP) is 2.73. The van der Waals surface area contributed by atoms with E-state index in [2.05, 4.69) is 22.5 Å². The van der Waals surface area contributed by atoms with Gasteiger partial charge in [-0.15, -0.1) is 0 Å². The lowest BCUT2D eigenvalue weighted by atomic mass is 10.2. The molecular weight excluding hydrogens is 238 g/mol. The molecule has 0 bridgehead atoms. The van der Waals surface area contributed by atoms with Crippen molar-refractivity contribution in [1.82, 2.24) is 9.55 Å². The number of nitrogens with two attached hydrogens (primary N) is 1. The molecule has 0 fully saturated rings. The maximum absolute atomic E-state index is 8.77. The molecule has 3 N–H and O–H groups in total. The van der Waals surface area contributed by atoms with Gasteiger partial charge in [-0.1, -0.05) is 19.8 Å². The van der Waals surface area contributed by atoms with Crippen molar-refractivity contribution in [2.75, 3.05) is 12.3 Å². The Hall–Kier alpha value is -1.55. The van der Waals surface area contributed by atoms with E-state index in [1.165, 1.54) is 5.52 Å². The number of aromatic nitrogens is 2. The summed E-state index contributed by atoms with van der Waals surface area (Å²) in [5, 5.41) is 8.77. The van der Waals surface area contributed by atoms with Crippen LogP contribution in [0.2, 0.25) is 0 Å². The minimum absolute atomic E-state index is 0.299. The highest BCUT2D eigenvalue weighted by molar-refractivity contribution is 5.79. The van der Waals surface area contributed by atoms with Gasteiger partial charge in [0.2, 0.25) is 0 Å². The zero-order chi connectivity index (χ0) is 13.7. The number of imidazole rings is 1. The van der Waals surface area contributed by atoms with Crippen molar-refractivity contribution in [1.29, 1.82) is 0 Å². The van der Waals surface area contributed by atoms with Crippen LogP contribution in [0.4, 0.5) is 5.69 Å². The Morgan fingerprint density at radius 2 is 2.00 bits per heavy atom. The van der Waals surface area contributed by atoms with Gasteiger partial charge in [-0.3, -0.25) is 0 Å². The zero-order valence-electron chi connectivity index (χ0n) is 11.6. The number of aliphatic hydroxyl groups excluding tert-OH is 1. The van der Waals surface area contributed by atoms with Crippen LogP contribution in [0.1, 0.15) is 38.4 Å². The molecular formula is C15H23N3O. The maximum atomic E-state index is 8.77. The minimum atomic E-state index is 0.299. The number of aryl methyl sites for hydroxylation is 2. The second kappa shape index (κ2) is 6.57. The number of anilines is 1. The van der Waals surface area contributed by atoms with Crippen molar-refractivity contribution >= 4 is 16.7 Å². The van der Waals surface area contributed by atoms with Crippen LogP contribution >= 0.6 is 0 Å². The number of hydrogen-bond donors (Lipinski definition) is 2. The summed E-state index contributed by atoms with van der Waals surface area (Å²) in [5.74, 6) is 1.13. The molecule has 0 saturated heterocycles. The number of fused-ring (bicyclic) bond motifs is 1. The molecule has 0 radical (unpaired) electrons. The second-order valence-corrected chi connectivity index (χ2v) is 4.92. The predicted molar refractivity (Wildman–Crippen MR) is 79.1 cm³/mol. The Labute approximate surface area is 114 Å². The number of aliphatic hydroxyl groups is 1. The molecule has 0 unspecified atom stereocenters. The van der Waals surface area contributed by atoms with Gasteiger partial charge in [0.1, 0.15) is 5.82 Å². The molecule has 2 aromatic rings. The Morgan fingerprint density at radius 1 is 1.21 bits per heavy atom. The summed E-state index contributed by atoms with van der Waals surface area (Å²) >= 11 is 0. The summed E-state index contributed by atoms with van der Waals surface area (Å²) in [7, 11) is 0. The van der Waals surface area contributed by atoms with E-state index in [1.54, 1.807) is 0 Å². The van der Waals surface area contributed by atoms with Crippen molar-refractivity contribution in [2.45, 2.75) is 45.6 Å². The third kappa shape index (κ3) is 3.26. The molecule has 0 aliphatic carbocycles. The Morgan fingerprint density at radius 3 is 2.74 bits per heavy atom. The Kier molecular flexibility index (Phi) is 4.80. The molecule has 1 aromatic carbocycles. The molecule has 1 aromatic heterocycles. The summed E-state index contributed by atoms with van der Waals surface area (Å²) in [6, 6.07) is 5.94. The van der Waals surface area contributed by atoms with Crippen molar-refractivity contribution in [3.05, 3.63) is 24.0 Å². The molecule has 4 nitrogen and oxygen atoms in total. The number of benzene rings is 1. The first-order valence-electron chi connectivity index (χ1n) is 7.11. The largest absolute Gasteiger partial charge is 0.399 e. The number of hydrogen-bond acceptors (Lipinski definition) is 3. The summed E-state index contributed by atoms with van der Waals surface area (Å²) < 4.78 is 2.30. The van der Waals surface area contributed by atoms with Crippen LogP contribution in [-0.4, -0.2) is 21.3 Å². The Bertz CT molecular complexity index is 533. The van der Waals surface area contributed by atoms with Gasteiger partial charge in [0, 0.05) is 25.3 Å². The molecule has 0 atom stereocenters. The molecule has 0 saturated carbocycles. The first-order valence-corrected chi connectivity index (χ1v) is 7.11. The molecule has 0 aliphatic rings. The zero-order valence-corrected chi connectivity index (χ0v) is 11.6. The van der Waals surface area contributed by atoms with Crippen molar-refractivity contribution in [3.8, 4) is 0 Å². The van der Waals surface area contributed by atoms with Crippen LogP contribution in [-0.2, 0) is 13.0 Å². The standard InChI is InChI=1S/C15H23N3O/c1-2-15-17-13-11-12(16)7-8-14(13)18(15)9-5-3-4-6-10-19/h7-8,11,19H,2-6,9-10,16H2,1H3. The normalized spacial score (nSPS) is 11.3. The number of unbranched alkanes of at least 4 members (excludes halogenated alkanes) is 3. The number of nitrogen functional groups attached to an aromatic ring is 1. The molecule has 19 heavy (non-hydrogen) atoms. The monoisotopic (exact) mass is 261 g/mol. The molecule has 4 heteroatoms. The van der Waals surface area contributed by atoms with E-state index in [0.717, 1.165) is 55.7 Å². The fourth-order valence-electron chi connectivity index (χ4n) is 2.45. The number of rotatable bonds is 7. The topological polar surface area (TPSA) is 64.1 Å². The lowest BCUT2D eigenvalue weighted by molar-refractivity contribution is 0.282. The van der Waals surface area contributed by atoms with Gasteiger partial charge in [0.25, 0.3) is 0 Å². The first-order chi connectivity index (χ1) is 9.26. The molecule has 0 spiro atoms. The van der Waals surface area contributed by atoms with Crippen molar-refractivity contribution < 1.29 is 5.11 Å². The molecule has 104 valence electrons. The molecule has 0 aliphatic heterocycles. The van der Waals surface area contributed by atoms with Crippen LogP contribution in [0.25, 0.3) is 11.0 Å². The highest BCUT2D eigenvalue weighted by atomic mass is 16.2. The second-order valence-electron chi connectivity index (χ2n) is 4.92. The van der Waals surface area contributed by atoms with Crippen LogP contribution in [0.3, 0.4) is 0 Å². The van der Waals surface area contributed by atoms with E-state index in [4.69, 9.17) is 10.8 Å². The number of nitrogens with zero attached hydrogens (tertiary/aromatic N) is 2. The summed E-state index contributed by atoms with van der Waals surface area (Å²) in [6.45, 7) is 3.43. The summed E-state index contributed by atoms with van der Waals surface area (Å²) in [5.41, 5.74) is 8.74. The van der Waals surface area contributed by atoms with Gasteiger partial charge in [0.05, 0.1) is 11.0 Å². The fourth-order valence-corrected chi connectivity index (χ4v) is 2.45. The third-order valence-corrected chi connectivity index (χ3v) is 3.46. The first kappa shape index (κ1) is 13.9. The lowest BCUT2D eigenvalue weighted by Crippen LogP contribution is -2.03. The van der Waals surface area contributed by atoms with Crippen LogP contribution in [0, 0.1) is 0 Å². The van der Waals surface area contributed by atoms with Gasteiger partial charge in [-0.2, -0.15) is 0 Å². The lowest BCUT2D eigenvalue weighted by Gasteiger charge is -2.08. The SMILES string of the molecule is CCc1nc2cc(N)ccc2n1CCCCCCO. The van der Waals surface area contributed by atoms with Crippen LogP contribution < -0.4 is 5.73 Å². The molecule has 2 rings (SSSR count). The van der Waals surface area contributed by atoms with Gasteiger partial charge in [-0.05, 0) is 31.0 Å². The Balaban J connectivity index is 2.11. The summed E-state index contributed by atoms with van der Waals surface area (Å²) in [6.07, 6.45) is 5.21. The van der Waals surface area contributed by atoms with E-state index >= 15 is 0 Å². The maximum Gasteiger partial charge on any atom is 0.109 e. The summed E-state index contributed by atoms with van der Waals surface area (Å²) in [4.78, 5) is 4.65. The van der Waals surface area contributed by atoms with Gasteiger partial charge >= 0.3 is 0 Å². The molecule has 0 amide bonds. The minimum Gasteiger partial charge on any atom is -0.399 e. The fraction of sp³-hybridized carbons (Fsp3) is 0.533. The van der Waals surface area contributed by atoms with Crippen LogP contribution in [0.5, 0.6) is 0 Å². The quantitative estimate of drug-likeness (QED) is 0.595. The molecule has 1 heterocycles. The van der Waals surface area contributed by atoms with Crippen LogP contribution in [0.15, 0.2) is 18.2 Å². The average molecular weight is 261 g/mol. The van der Waals surface area contributed by atoms with E-state index in [1.807, 2.05) is 12.1 Å². The van der Waals surface area contributed by atoms with E-state index < -0.39 is 0 Å². The highest BCUT2D eigenvalue weighted by Gasteiger charge is 2.08. The smallest absolute Gasteiger partial charge is 0.109 e. The highest BCUT2D eigenvalue weighted by Crippen LogP contribution is 2.20. The van der Waals surface area contributed by atoms with Gasteiger partial charge in [-0.25, -0.2) is 4.98 Å². The van der Waals surface area contributed by atoms with Gasteiger partial charge < -0.3 is 15.4 Å². The van der Waals surface area contributed by atoms with E-state index in [-0.39, 0.29) is 0 Å². The van der Waals surface area contributed by atoms with Gasteiger partial charge in [0.15, 0.2) is 0 Å².